The molecule has 4 nitrogen and oxygen atoms in total. The van der Waals surface area contributed by atoms with E-state index in [0.29, 0.717) is 6.61 Å². The van der Waals surface area contributed by atoms with Crippen LogP contribution in [0.1, 0.15) is 18.6 Å². The van der Waals surface area contributed by atoms with Crippen LogP contribution in [0.3, 0.4) is 0 Å². The Labute approximate surface area is 95.1 Å². The molecule has 0 radical (unpaired) electrons. The summed E-state index contributed by atoms with van der Waals surface area (Å²) in [6.07, 6.45) is -0.982. The van der Waals surface area contributed by atoms with E-state index < -0.39 is 6.16 Å². The summed E-state index contributed by atoms with van der Waals surface area (Å²) in [6.45, 7) is 2.37. The van der Waals surface area contributed by atoms with Gasteiger partial charge in [0.15, 0.2) is 0 Å². The minimum Gasteiger partial charge on any atom is -0.432 e. The number of rotatable bonds is 5. The molecule has 0 heterocycles. The SMILES string of the molecule is COCCOC(=O)OC(C)c1ccccc1. The van der Waals surface area contributed by atoms with Gasteiger partial charge in [-0.1, -0.05) is 30.3 Å². The number of carbonyl (C=O) groups is 1. The maximum atomic E-state index is 11.2. The monoisotopic (exact) mass is 224 g/mol. The van der Waals surface area contributed by atoms with Gasteiger partial charge in [-0.15, -0.1) is 0 Å². The van der Waals surface area contributed by atoms with Crippen LogP contribution in [0.2, 0.25) is 0 Å². The van der Waals surface area contributed by atoms with E-state index in [1.807, 2.05) is 30.3 Å². The Bertz CT molecular complexity index is 310. The Balaban J connectivity index is 2.34. The topological polar surface area (TPSA) is 44.8 Å². The summed E-state index contributed by atoms with van der Waals surface area (Å²) in [5, 5.41) is 0. The van der Waals surface area contributed by atoms with Crippen molar-refractivity contribution in [2.45, 2.75) is 13.0 Å². The third-order valence-corrected chi connectivity index (χ3v) is 2.05. The number of methoxy groups -OCH3 is 1. The van der Waals surface area contributed by atoms with Crippen molar-refractivity contribution in [3.05, 3.63) is 35.9 Å². The molecular weight excluding hydrogens is 208 g/mol. The van der Waals surface area contributed by atoms with E-state index in [9.17, 15) is 4.79 Å². The van der Waals surface area contributed by atoms with Crippen LogP contribution in [0.15, 0.2) is 30.3 Å². The summed E-state index contributed by atoms with van der Waals surface area (Å²) in [5.74, 6) is 0. The zero-order valence-corrected chi connectivity index (χ0v) is 9.51. The third kappa shape index (κ3) is 4.31. The molecule has 0 spiro atoms. The Kier molecular flexibility index (Phi) is 5.36. The van der Waals surface area contributed by atoms with Crippen molar-refractivity contribution in [2.24, 2.45) is 0 Å². The molecule has 0 aliphatic heterocycles. The van der Waals surface area contributed by atoms with Crippen LogP contribution in [0.5, 0.6) is 0 Å². The van der Waals surface area contributed by atoms with E-state index in [-0.39, 0.29) is 12.7 Å². The minimum atomic E-state index is -0.673. The van der Waals surface area contributed by atoms with Crippen molar-refractivity contribution in [3.63, 3.8) is 0 Å². The van der Waals surface area contributed by atoms with Crippen LogP contribution in [0.4, 0.5) is 4.79 Å². The van der Waals surface area contributed by atoms with Crippen molar-refractivity contribution >= 4 is 6.16 Å². The highest BCUT2D eigenvalue weighted by Gasteiger charge is 2.11. The number of hydrogen-bond acceptors (Lipinski definition) is 4. The van der Waals surface area contributed by atoms with E-state index >= 15 is 0 Å². The van der Waals surface area contributed by atoms with Gasteiger partial charge in [0.25, 0.3) is 0 Å². The molecule has 0 bridgehead atoms. The zero-order chi connectivity index (χ0) is 11.8. The molecule has 0 aliphatic rings. The molecule has 1 aromatic rings. The van der Waals surface area contributed by atoms with Gasteiger partial charge in [0, 0.05) is 7.11 Å². The van der Waals surface area contributed by atoms with Crippen molar-refractivity contribution in [1.29, 1.82) is 0 Å². The minimum absolute atomic E-state index is 0.205. The van der Waals surface area contributed by atoms with E-state index in [1.165, 1.54) is 0 Å². The van der Waals surface area contributed by atoms with Crippen molar-refractivity contribution in [1.82, 2.24) is 0 Å². The van der Waals surface area contributed by atoms with Crippen LogP contribution < -0.4 is 0 Å². The highest BCUT2D eigenvalue weighted by molar-refractivity contribution is 5.60. The fraction of sp³-hybridized carbons (Fsp3) is 0.417. The van der Waals surface area contributed by atoms with Crippen LogP contribution in [-0.2, 0) is 14.2 Å². The second-order valence-corrected chi connectivity index (χ2v) is 3.26. The quantitative estimate of drug-likeness (QED) is 0.569. The number of carbonyl (C=O) groups excluding carboxylic acids is 1. The van der Waals surface area contributed by atoms with E-state index in [4.69, 9.17) is 14.2 Å². The first-order chi connectivity index (χ1) is 7.74. The van der Waals surface area contributed by atoms with Gasteiger partial charge in [0.05, 0.1) is 6.61 Å². The molecule has 1 rings (SSSR count). The average Bonchev–Trinajstić information content (AvgIpc) is 2.30. The predicted octanol–water partition coefficient (Wildman–Crippen LogP) is 2.55. The molecule has 4 heteroatoms. The van der Waals surface area contributed by atoms with Gasteiger partial charge in [-0.05, 0) is 12.5 Å². The third-order valence-electron chi connectivity index (χ3n) is 2.05. The molecular formula is C12H16O4. The molecule has 88 valence electrons. The molecule has 16 heavy (non-hydrogen) atoms. The van der Waals surface area contributed by atoms with Crippen LogP contribution >= 0.6 is 0 Å². The molecule has 0 aromatic heterocycles. The summed E-state index contributed by atoms with van der Waals surface area (Å²) < 4.78 is 14.6. The molecule has 1 unspecified atom stereocenters. The summed E-state index contributed by atoms with van der Waals surface area (Å²) in [6, 6.07) is 9.49. The summed E-state index contributed by atoms with van der Waals surface area (Å²) >= 11 is 0. The van der Waals surface area contributed by atoms with Crippen molar-refractivity contribution in [2.75, 3.05) is 20.3 Å². The lowest BCUT2D eigenvalue weighted by Gasteiger charge is -2.13. The van der Waals surface area contributed by atoms with Gasteiger partial charge in [-0.25, -0.2) is 4.79 Å². The molecule has 1 atom stereocenters. The lowest BCUT2D eigenvalue weighted by molar-refractivity contribution is 0.0152. The lowest BCUT2D eigenvalue weighted by atomic mass is 10.1. The molecule has 0 saturated carbocycles. The molecule has 0 fully saturated rings. The number of hydrogen-bond donors (Lipinski definition) is 0. The maximum Gasteiger partial charge on any atom is 0.508 e. The summed E-state index contributed by atoms with van der Waals surface area (Å²) in [7, 11) is 1.54. The second-order valence-electron chi connectivity index (χ2n) is 3.26. The van der Waals surface area contributed by atoms with Gasteiger partial charge < -0.3 is 14.2 Å². The Hall–Kier alpha value is -1.55. The Morgan fingerprint density at radius 2 is 1.94 bits per heavy atom. The van der Waals surface area contributed by atoms with E-state index in [0.717, 1.165) is 5.56 Å². The van der Waals surface area contributed by atoms with Crippen LogP contribution in [-0.4, -0.2) is 26.5 Å². The maximum absolute atomic E-state index is 11.2. The fourth-order valence-electron chi connectivity index (χ4n) is 1.18. The normalized spacial score (nSPS) is 11.9. The Morgan fingerprint density at radius 1 is 1.25 bits per heavy atom. The molecule has 0 saturated heterocycles. The standard InChI is InChI=1S/C12H16O4/c1-10(11-6-4-3-5-7-11)16-12(13)15-9-8-14-2/h3-7,10H,8-9H2,1-2H3. The van der Waals surface area contributed by atoms with Gasteiger partial charge in [0.2, 0.25) is 0 Å². The van der Waals surface area contributed by atoms with Gasteiger partial charge in [0.1, 0.15) is 12.7 Å². The second kappa shape index (κ2) is 6.85. The number of benzene rings is 1. The van der Waals surface area contributed by atoms with Crippen LogP contribution in [0.25, 0.3) is 0 Å². The van der Waals surface area contributed by atoms with E-state index in [1.54, 1.807) is 14.0 Å². The van der Waals surface area contributed by atoms with E-state index in [2.05, 4.69) is 0 Å². The fourth-order valence-corrected chi connectivity index (χ4v) is 1.18. The molecule has 0 amide bonds. The van der Waals surface area contributed by atoms with Gasteiger partial charge >= 0.3 is 6.16 Å². The first-order valence-electron chi connectivity index (χ1n) is 5.11. The summed E-state index contributed by atoms with van der Waals surface area (Å²) in [4.78, 5) is 11.2. The Morgan fingerprint density at radius 3 is 2.56 bits per heavy atom. The lowest BCUT2D eigenvalue weighted by Crippen LogP contribution is -2.13. The molecule has 1 aromatic carbocycles. The first-order valence-corrected chi connectivity index (χ1v) is 5.11. The highest BCUT2D eigenvalue weighted by Crippen LogP contribution is 2.16. The van der Waals surface area contributed by atoms with Gasteiger partial charge in [-0.2, -0.15) is 0 Å². The number of ether oxygens (including phenoxy) is 3. The predicted molar refractivity (Wildman–Crippen MR) is 59.2 cm³/mol. The smallest absolute Gasteiger partial charge is 0.432 e. The largest absolute Gasteiger partial charge is 0.508 e. The summed E-state index contributed by atoms with van der Waals surface area (Å²) in [5.41, 5.74) is 0.936. The van der Waals surface area contributed by atoms with Crippen molar-refractivity contribution in [3.8, 4) is 0 Å². The van der Waals surface area contributed by atoms with Crippen molar-refractivity contribution < 1.29 is 19.0 Å². The molecule has 0 aliphatic carbocycles. The molecule has 0 N–H and O–H groups in total. The zero-order valence-electron chi connectivity index (χ0n) is 9.51. The first kappa shape index (κ1) is 12.5. The average molecular weight is 224 g/mol. The van der Waals surface area contributed by atoms with Gasteiger partial charge in [-0.3, -0.25) is 0 Å². The van der Waals surface area contributed by atoms with Crippen LogP contribution in [0, 0.1) is 0 Å². The highest BCUT2D eigenvalue weighted by atomic mass is 16.7.